The maximum Gasteiger partial charge on any atom is 0.471 e. The molecule has 0 saturated carbocycles. The number of amides is 2. The lowest BCUT2D eigenvalue weighted by molar-refractivity contribution is -0.186. The minimum Gasteiger partial charge on any atom is -0.378 e. The minimum absolute atomic E-state index is 0.0509. The van der Waals surface area contributed by atoms with E-state index in [2.05, 4.69) is 10.2 Å². The second kappa shape index (κ2) is 8.16. The number of carbonyl (C=O) groups is 2. The Bertz CT molecular complexity index is 673. The van der Waals surface area contributed by atoms with Gasteiger partial charge in [-0.25, -0.2) is 0 Å². The smallest absolute Gasteiger partial charge is 0.378 e. The molecule has 2 saturated heterocycles. The lowest BCUT2D eigenvalue weighted by atomic mass is 10.1. The predicted octanol–water partition coefficient (Wildman–Crippen LogP) is 1.69. The van der Waals surface area contributed by atoms with Gasteiger partial charge in [0, 0.05) is 31.9 Å². The highest BCUT2D eigenvalue weighted by Crippen LogP contribution is 2.26. The van der Waals surface area contributed by atoms with Crippen molar-refractivity contribution in [1.29, 1.82) is 0 Å². The van der Waals surface area contributed by atoms with Gasteiger partial charge in [-0.15, -0.1) is 0 Å². The number of likely N-dealkylation sites (tertiary alicyclic amines) is 1. The van der Waals surface area contributed by atoms with E-state index >= 15 is 0 Å². The van der Waals surface area contributed by atoms with Gasteiger partial charge >= 0.3 is 12.1 Å². The predicted molar refractivity (Wildman–Crippen MR) is 92.1 cm³/mol. The highest BCUT2D eigenvalue weighted by atomic mass is 19.4. The van der Waals surface area contributed by atoms with Crippen molar-refractivity contribution in [2.45, 2.75) is 31.6 Å². The molecule has 0 radical (unpaired) electrons. The van der Waals surface area contributed by atoms with Gasteiger partial charge in [0.25, 0.3) is 0 Å². The minimum atomic E-state index is -4.96. The molecule has 2 aliphatic heterocycles. The first kappa shape index (κ1) is 19.5. The zero-order valence-corrected chi connectivity index (χ0v) is 14.8. The summed E-state index contributed by atoms with van der Waals surface area (Å²) in [6.45, 7) is 3.16. The molecule has 27 heavy (non-hydrogen) atoms. The number of benzene rings is 1. The molecule has 2 amide bonds. The molecule has 1 aromatic rings. The van der Waals surface area contributed by atoms with Crippen molar-refractivity contribution >= 4 is 17.5 Å². The Kier molecular flexibility index (Phi) is 5.88. The van der Waals surface area contributed by atoms with Gasteiger partial charge in [0.15, 0.2) is 0 Å². The van der Waals surface area contributed by atoms with Crippen LogP contribution in [-0.4, -0.2) is 61.8 Å². The summed E-state index contributed by atoms with van der Waals surface area (Å²) in [5, 5.41) is 2.64. The second-order valence-corrected chi connectivity index (χ2v) is 6.64. The summed E-state index contributed by atoms with van der Waals surface area (Å²) in [7, 11) is 0. The van der Waals surface area contributed by atoms with Crippen LogP contribution in [0, 0.1) is 0 Å². The molecule has 3 rings (SSSR count). The number of hydrogen-bond acceptors (Lipinski definition) is 4. The number of hydrogen-bond donors (Lipinski definition) is 1. The van der Waals surface area contributed by atoms with E-state index in [1.54, 1.807) is 0 Å². The van der Waals surface area contributed by atoms with Crippen LogP contribution < -0.4 is 10.2 Å². The third kappa shape index (κ3) is 4.71. The molecule has 2 fully saturated rings. The second-order valence-electron chi connectivity index (χ2n) is 6.64. The fourth-order valence-electron chi connectivity index (χ4n) is 3.40. The summed E-state index contributed by atoms with van der Waals surface area (Å²) in [4.78, 5) is 26.6. The lowest BCUT2D eigenvalue weighted by Gasteiger charge is -2.29. The highest BCUT2D eigenvalue weighted by Gasteiger charge is 2.47. The number of anilines is 1. The van der Waals surface area contributed by atoms with E-state index in [1.807, 2.05) is 24.3 Å². The van der Waals surface area contributed by atoms with Gasteiger partial charge in [-0.05, 0) is 30.5 Å². The first-order chi connectivity index (χ1) is 12.9. The van der Waals surface area contributed by atoms with Crippen LogP contribution in [0.4, 0.5) is 18.9 Å². The molecular formula is C18H22F3N3O3. The summed E-state index contributed by atoms with van der Waals surface area (Å²) >= 11 is 0. The number of halogens is 3. The Hall–Kier alpha value is -2.29. The number of nitrogens with zero attached hydrogens (tertiary/aromatic N) is 2. The van der Waals surface area contributed by atoms with Crippen molar-refractivity contribution in [2.75, 3.05) is 37.7 Å². The van der Waals surface area contributed by atoms with Crippen LogP contribution in [0.5, 0.6) is 0 Å². The summed E-state index contributed by atoms with van der Waals surface area (Å²) in [6, 6.07) is 6.58. The molecule has 1 unspecified atom stereocenters. The van der Waals surface area contributed by atoms with Crippen LogP contribution in [0.1, 0.15) is 18.4 Å². The molecule has 1 atom stereocenters. The average Bonchev–Trinajstić information content (AvgIpc) is 3.15. The first-order valence-corrected chi connectivity index (χ1v) is 8.93. The molecule has 0 bridgehead atoms. The standard InChI is InChI=1S/C18H22F3N3O3/c19-18(20,21)17(26)24-7-1-2-15(24)16(25)22-12-13-3-5-14(6-4-13)23-8-10-27-11-9-23/h3-6,15H,1-2,7-12H2,(H,22,25). The van der Waals surface area contributed by atoms with Crippen LogP contribution in [0.3, 0.4) is 0 Å². The van der Waals surface area contributed by atoms with E-state index < -0.39 is 24.0 Å². The SMILES string of the molecule is O=C(NCc1ccc(N2CCOCC2)cc1)C1CCCN1C(=O)C(F)(F)F. The Morgan fingerprint density at radius 2 is 1.78 bits per heavy atom. The van der Waals surface area contributed by atoms with Crippen molar-refractivity contribution < 1.29 is 27.5 Å². The van der Waals surface area contributed by atoms with E-state index in [0.29, 0.717) is 24.5 Å². The molecule has 1 N–H and O–H groups in total. The average molecular weight is 385 g/mol. The maximum absolute atomic E-state index is 12.6. The van der Waals surface area contributed by atoms with Crippen molar-refractivity contribution in [2.24, 2.45) is 0 Å². The molecule has 0 aromatic heterocycles. The van der Waals surface area contributed by atoms with Crippen molar-refractivity contribution in [1.82, 2.24) is 10.2 Å². The summed E-state index contributed by atoms with van der Waals surface area (Å²) in [5.74, 6) is -2.50. The fraction of sp³-hybridized carbons (Fsp3) is 0.556. The van der Waals surface area contributed by atoms with E-state index in [0.717, 1.165) is 24.3 Å². The molecule has 6 nitrogen and oxygen atoms in total. The Labute approximate surface area is 155 Å². The maximum atomic E-state index is 12.6. The zero-order chi connectivity index (χ0) is 19.4. The third-order valence-electron chi connectivity index (χ3n) is 4.84. The fourth-order valence-corrected chi connectivity index (χ4v) is 3.40. The van der Waals surface area contributed by atoms with Crippen LogP contribution in [-0.2, 0) is 20.9 Å². The molecule has 0 aliphatic carbocycles. The van der Waals surface area contributed by atoms with Gasteiger partial charge in [-0.3, -0.25) is 9.59 Å². The van der Waals surface area contributed by atoms with E-state index in [4.69, 9.17) is 4.74 Å². The Balaban J connectivity index is 1.54. The van der Waals surface area contributed by atoms with E-state index in [9.17, 15) is 22.8 Å². The van der Waals surface area contributed by atoms with Gasteiger partial charge in [0.1, 0.15) is 6.04 Å². The van der Waals surface area contributed by atoms with Gasteiger partial charge < -0.3 is 19.9 Å². The Morgan fingerprint density at radius 1 is 1.11 bits per heavy atom. The number of morpholine rings is 1. The van der Waals surface area contributed by atoms with Crippen molar-refractivity contribution in [3.8, 4) is 0 Å². The number of alkyl halides is 3. The van der Waals surface area contributed by atoms with Crippen LogP contribution in [0.25, 0.3) is 0 Å². The molecule has 2 aliphatic rings. The zero-order valence-electron chi connectivity index (χ0n) is 14.8. The topological polar surface area (TPSA) is 61.9 Å². The van der Waals surface area contributed by atoms with Crippen molar-refractivity contribution in [3.63, 3.8) is 0 Å². The molecule has 0 spiro atoms. The summed E-state index contributed by atoms with van der Waals surface area (Å²) in [6.07, 6.45) is -4.34. The van der Waals surface area contributed by atoms with E-state index in [1.165, 1.54) is 0 Å². The van der Waals surface area contributed by atoms with Gasteiger partial charge in [-0.2, -0.15) is 13.2 Å². The third-order valence-corrected chi connectivity index (χ3v) is 4.84. The Morgan fingerprint density at radius 3 is 2.41 bits per heavy atom. The van der Waals surface area contributed by atoms with Crippen molar-refractivity contribution in [3.05, 3.63) is 29.8 Å². The molecule has 2 heterocycles. The summed E-state index contributed by atoms with van der Waals surface area (Å²) < 4.78 is 43.3. The number of nitrogens with one attached hydrogen (secondary N) is 1. The van der Waals surface area contributed by atoms with Crippen LogP contribution in [0.15, 0.2) is 24.3 Å². The van der Waals surface area contributed by atoms with Crippen LogP contribution >= 0.6 is 0 Å². The van der Waals surface area contributed by atoms with Gasteiger partial charge in [-0.1, -0.05) is 12.1 Å². The number of carbonyl (C=O) groups excluding carboxylic acids is 2. The lowest BCUT2D eigenvalue weighted by Crippen LogP contribution is -2.50. The summed E-state index contributed by atoms with van der Waals surface area (Å²) in [5.41, 5.74) is 1.90. The number of ether oxygens (including phenoxy) is 1. The van der Waals surface area contributed by atoms with Crippen LogP contribution in [0.2, 0.25) is 0 Å². The van der Waals surface area contributed by atoms with Gasteiger partial charge in [0.05, 0.1) is 13.2 Å². The molecule has 148 valence electrons. The molecule has 9 heteroatoms. The quantitative estimate of drug-likeness (QED) is 0.857. The first-order valence-electron chi connectivity index (χ1n) is 8.93. The van der Waals surface area contributed by atoms with Gasteiger partial charge in [0.2, 0.25) is 5.91 Å². The van der Waals surface area contributed by atoms with E-state index in [-0.39, 0.29) is 19.5 Å². The normalized spacial score (nSPS) is 20.6. The molecular weight excluding hydrogens is 363 g/mol. The highest BCUT2D eigenvalue weighted by molar-refractivity contribution is 5.90. The number of rotatable bonds is 4. The largest absolute Gasteiger partial charge is 0.471 e. The monoisotopic (exact) mass is 385 g/mol. The molecule has 1 aromatic carbocycles.